The molecule has 3 rings (SSSR count). The predicted octanol–water partition coefficient (Wildman–Crippen LogP) is 5.33. The number of hydrogen-bond acceptors (Lipinski definition) is 4. The fraction of sp³-hybridized carbons (Fsp3) is 0.176. The van der Waals surface area contributed by atoms with E-state index in [2.05, 4.69) is 10.2 Å². The first kappa shape index (κ1) is 18.7. The van der Waals surface area contributed by atoms with Gasteiger partial charge in [0, 0.05) is 16.8 Å². The lowest BCUT2D eigenvalue weighted by molar-refractivity contribution is -0.138. The number of hydrogen-bond donors (Lipinski definition) is 1. The quantitative estimate of drug-likeness (QED) is 0.477. The van der Waals surface area contributed by atoms with E-state index < -0.39 is 29.2 Å². The molecule has 0 fully saturated rings. The second-order valence-corrected chi connectivity index (χ2v) is 5.74. The van der Waals surface area contributed by atoms with Crippen LogP contribution < -0.4 is 5.73 Å². The molecule has 0 amide bonds. The van der Waals surface area contributed by atoms with E-state index in [4.69, 9.17) is 10.2 Å². The number of rotatable bonds is 2. The maximum Gasteiger partial charge on any atom is 0.418 e. The Bertz CT molecular complexity index is 913. The highest BCUT2D eigenvalue weighted by Gasteiger charge is 2.34. The number of aromatic nitrogens is 2. The minimum Gasteiger partial charge on any atom is -0.416 e. The molecule has 4 nitrogen and oxygen atoms in total. The number of nitrogen functional groups attached to an aromatic ring is 1. The summed E-state index contributed by atoms with van der Waals surface area (Å²) in [5.41, 5.74) is 2.87. The van der Waals surface area contributed by atoms with Gasteiger partial charge in [0.15, 0.2) is 0 Å². The van der Waals surface area contributed by atoms with E-state index in [1.807, 2.05) is 0 Å². The lowest BCUT2D eigenvalue weighted by Crippen LogP contribution is -2.08. The van der Waals surface area contributed by atoms with E-state index >= 15 is 0 Å². The van der Waals surface area contributed by atoms with Crippen molar-refractivity contribution < 1.29 is 30.8 Å². The first-order valence-corrected chi connectivity index (χ1v) is 7.45. The zero-order chi connectivity index (χ0) is 20.0. The van der Waals surface area contributed by atoms with Crippen LogP contribution >= 0.6 is 0 Å². The Hall–Kier alpha value is -3.04. The number of anilines is 1. The highest BCUT2D eigenvalue weighted by Crippen LogP contribution is 2.37. The van der Waals surface area contributed by atoms with Crippen molar-refractivity contribution in [3.63, 3.8) is 0 Å². The zero-order valence-electron chi connectivity index (χ0n) is 13.6. The van der Waals surface area contributed by atoms with Gasteiger partial charge in [-0.05, 0) is 42.8 Å². The third kappa shape index (κ3) is 3.74. The van der Waals surface area contributed by atoms with Crippen LogP contribution in [0.15, 0.2) is 40.8 Å². The van der Waals surface area contributed by atoms with Gasteiger partial charge in [0.2, 0.25) is 11.8 Å². The number of nitrogens with two attached hydrogens (primary N) is 1. The minimum atomic E-state index is -4.68. The van der Waals surface area contributed by atoms with Crippen molar-refractivity contribution in [3.8, 4) is 22.9 Å². The third-order valence-corrected chi connectivity index (χ3v) is 3.82. The van der Waals surface area contributed by atoms with Gasteiger partial charge in [0.1, 0.15) is 0 Å². The number of halogens is 6. The van der Waals surface area contributed by atoms with E-state index in [-0.39, 0.29) is 28.5 Å². The van der Waals surface area contributed by atoms with Crippen LogP contribution in [0.25, 0.3) is 22.9 Å². The minimum absolute atomic E-state index is 0.00170. The summed E-state index contributed by atoms with van der Waals surface area (Å²) in [5.74, 6) is -0.523. The SMILES string of the molecule is Cc1ccc(-c2nnc(-c3ccc(N)c(C(F)(F)F)c3)o2)cc1C(F)(F)F. The smallest absolute Gasteiger partial charge is 0.416 e. The monoisotopic (exact) mass is 387 g/mol. The van der Waals surface area contributed by atoms with Gasteiger partial charge >= 0.3 is 12.4 Å². The largest absolute Gasteiger partial charge is 0.418 e. The molecule has 142 valence electrons. The van der Waals surface area contributed by atoms with E-state index in [1.54, 1.807) is 0 Å². The number of nitrogens with zero attached hydrogens (tertiary/aromatic N) is 2. The summed E-state index contributed by atoms with van der Waals surface area (Å²) in [6.07, 6.45) is -9.25. The molecule has 0 radical (unpaired) electrons. The molecular formula is C17H11F6N3O. The molecule has 0 atom stereocenters. The van der Waals surface area contributed by atoms with Crippen molar-refractivity contribution in [1.82, 2.24) is 10.2 Å². The van der Waals surface area contributed by atoms with Gasteiger partial charge in [0.25, 0.3) is 0 Å². The second kappa shape index (κ2) is 6.29. The van der Waals surface area contributed by atoms with E-state index in [9.17, 15) is 26.3 Å². The Balaban J connectivity index is 2.02. The molecule has 2 aromatic carbocycles. The molecule has 0 bridgehead atoms. The Kier molecular flexibility index (Phi) is 4.37. The molecular weight excluding hydrogens is 376 g/mol. The van der Waals surface area contributed by atoms with Crippen molar-refractivity contribution in [2.45, 2.75) is 19.3 Å². The fourth-order valence-electron chi connectivity index (χ4n) is 2.45. The Morgan fingerprint density at radius 2 is 1.26 bits per heavy atom. The van der Waals surface area contributed by atoms with Gasteiger partial charge in [-0.25, -0.2) is 0 Å². The average Bonchev–Trinajstić information content (AvgIpc) is 3.03. The van der Waals surface area contributed by atoms with Gasteiger partial charge in [-0.3, -0.25) is 0 Å². The summed E-state index contributed by atoms with van der Waals surface area (Å²) in [4.78, 5) is 0. The standard InChI is InChI=1S/C17H11F6N3O/c1-8-2-3-9(6-11(8)16(18,19)20)14-25-26-15(27-14)10-4-5-13(24)12(7-10)17(21,22)23/h2-7H,24H2,1H3. The average molecular weight is 387 g/mol. The maximum absolute atomic E-state index is 13.0. The van der Waals surface area contributed by atoms with Crippen molar-refractivity contribution in [2.24, 2.45) is 0 Å². The molecule has 27 heavy (non-hydrogen) atoms. The molecule has 1 heterocycles. The summed E-state index contributed by atoms with van der Waals surface area (Å²) < 4.78 is 83.2. The summed E-state index contributed by atoms with van der Waals surface area (Å²) >= 11 is 0. The highest BCUT2D eigenvalue weighted by atomic mass is 19.4. The van der Waals surface area contributed by atoms with Crippen LogP contribution in [0, 0.1) is 6.92 Å². The number of alkyl halides is 6. The van der Waals surface area contributed by atoms with Crippen molar-refractivity contribution in [2.75, 3.05) is 5.73 Å². The molecule has 0 unspecified atom stereocenters. The first-order valence-electron chi connectivity index (χ1n) is 7.45. The Morgan fingerprint density at radius 3 is 1.78 bits per heavy atom. The first-order chi connectivity index (χ1) is 12.5. The lowest BCUT2D eigenvalue weighted by atomic mass is 10.0. The molecule has 2 N–H and O–H groups in total. The molecule has 0 saturated carbocycles. The molecule has 3 aromatic rings. The Labute approximate surface area is 148 Å². The molecule has 0 aliphatic carbocycles. The molecule has 10 heteroatoms. The van der Waals surface area contributed by atoms with E-state index in [0.717, 1.165) is 18.2 Å². The number of benzene rings is 2. The maximum atomic E-state index is 13.0. The second-order valence-electron chi connectivity index (χ2n) is 5.74. The molecule has 0 spiro atoms. The van der Waals surface area contributed by atoms with Crippen molar-refractivity contribution in [3.05, 3.63) is 53.1 Å². The summed E-state index contributed by atoms with van der Waals surface area (Å²) in [6, 6.07) is 6.46. The molecule has 0 saturated heterocycles. The topological polar surface area (TPSA) is 64.9 Å². The van der Waals surface area contributed by atoms with Gasteiger partial charge in [-0.2, -0.15) is 26.3 Å². The van der Waals surface area contributed by atoms with Gasteiger partial charge in [-0.15, -0.1) is 10.2 Å². The fourth-order valence-corrected chi connectivity index (χ4v) is 2.45. The summed E-state index contributed by atoms with van der Waals surface area (Å²) in [6.45, 7) is 1.30. The van der Waals surface area contributed by atoms with Gasteiger partial charge in [0.05, 0.1) is 11.1 Å². The van der Waals surface area contributed by atoms with Crippen LogP contribution in [0.1, 0.15) is 16.7 Å². The molecule has 0 aliphatic heterocycles. The van der Waals surface area contributed by atoms with Crippen molar-refractivity contribution >= 4 is 5.69 Å². The summed E-state index contributed by atoms with van der Waals surface area (Å²) in [7, 11) is 0. The van der Waals surface area contributed by atoms with Crippen LogP contribution in [0.4, 0.5) is 32.0 Å². The van der Waals surface area contributed by atoms with Gasteiger partial charge < -0.3 is 10.2 Å². The van der Waals surface area contributed by atoms with Crippen LogP contribution in [0.3, 0.4) is 0 Å². The Morgan fingerprint density at radius 1 is 0.778 bits per heavy atom. The van der Waals surface area contributed by atoms with Crippen LogP contribution in [0.2, 0.25) is 0 Å². The van der Waals surface area contributed by atoms with Crippen LogP contribution in [-0.2, 0) is 12.4 Å². The summed E-state index contributed by atoms with van der Waals surface area (Å²) in [5, 5.41) is 7.26. The zero-order valence-corrected chi connectivity index (χ0v) is 13.6. The van der Waals surface area contributed by atoms with Crippen LogP contribution in [0.5, 0.6) is 0 Å². The number of aryl methyl sites for hydroxylation is 1. The van der Waals surface area contributed by atoms with E-state index in [1.165, 1.54) is 25.1 Å². The highest BCUT2D eigenvalue weighted by molar-refractivity contribution is 5.64. The van der Waals surface area contributed by atoms with E-state index in [0.29, 0.717) is 0 Å². The normalized spacial score (nSPS) is 12.4. The van der Waals surface area contributed by atoms with Crippen LogP contribution in [-0.4, -0.2) is 10.2 Å². The van der Waals surface area contributed by atoms with Crippen molar-refractivity contribution in [1.29, 1.82) is 0 Å². The molecule has 0 aliphatic rings. The molecule has 1 aromatic heterocycles. The predicted molar refractivity (Wildman–Crippen MR) is 84.3 cm³/mol. The lowest BCUT2D eigenvalue weighted by Gasteiger charge is -2.11. The van der Waals surface area contributed by atoms with Gasteiger partial charge in [-0.1, -0.05) is 6.07 Å². The third-order valence-electron chi connectivity index (χ3n) is 3.82.